The fourth-order valence-corrected chi connectivity index (χ4v) is 2.66. The summed E-state index contributed by atoms with van der Waals surface area (Å²) in [5.41, 5.74) is -1.32. The third-order valence-electron chi connectivity index (χ3n) is 4.62. The van der Waals surface area contributed by atoms with Gasteiger partial charge >= 0.3 is 5.97 Å². The molecule has 0 fully saturated rings. The van der Waals surface area contributed by atoms with Crippen LogP contribution in [0.15, 0.2) is 48.7 Å². The van der Waals surface area contributed by atoms with E-state index in [4.69, 9.17) is 14.6 Å². The topological polar surface area (TPSA) is 118 Å². The summed E-state index contributed by atoms with van der Waals surface area (Å²) >= 11 is 0. The third-order valence-corrected chi connectivity index (χ3v) is 4.62. The number of nitrogens with one attached hydrogen (secondary N) is 1. The lowest BCUT2D eigenvalue weighted by atomic mass is 9.94. The maximum absolute atomic E-state index is 12.4. The fourth-order valence-electron chi connectivity index (χ4n) is 2.66. The molecule has 3 rings (SSSR count). The van der Waals surface area contributed by atoms with E-state index >= 15 is 0 Å². The molecule has 156 valence electrons. The molecular weight excluding hydrogens is 388 g/mol. The Labute approximate surface area is 173 Å². The van der Waals surface area contributed by atoms with Gasteiger partial charge in [-0.05, 0) is 56.3 Å². The second-order valence-electron chi connectivity index (χ2n) is 7.35. The Morgan fingerprint density at radius 2 is 1.70 bits per heavy atom. The number of carbonyl (C=O) groups excluding carboxylic acids is 1. The zero-order chi connectivity index (χ0) is 21.9. The number of pyridine rings is 1. The number of ether oxygens (including phenoxy) is 2. The number of aromatic nitrogens is 1. The van der Waals surface area contributed by atoms with E-state index in [9.17, 15) is 14.7 Å². The fraction of sp³-hybridized carbons (Fsp3) is 0.227. The molecule has 3 aromatic rings. The van der Waals surface area contributed by atoms with Gasteiger partial charge in [0.25, 0.3) is 5.91 Å². The molecule has 1 aromatic heterocycles. The van der Waals surface area contributed by atoms with Gasteiger partial charge in [0.2, 0.25) is 0 Å². The van der Waals surface area contributed by atoms with Gasteiger partial charge < -0.3 is 25.0 Å². The summed E-state index contributed by atoms with van der Waals surface area (Å²) in [6.45, 7) is 2.89. The average Bonchev–Trinajstić information content (AvgIpc) is 2.73. The molecule has 3 N–H and O–H groups in total. The lowest BCUT2D eigenvalue weighted by Gasteiger charge is -2.19. The number of methoxy groups -OCH3 is 1. The molecule has 8 heteroatoms. The number of fused-ring (bicyclic) bond motifs is 1. The standard InChI is InChI=1S/C22H22N2O6/c1-22(2,21(27)28)12-24-20(26)18-19(25)17-9-8-16(10-13(17)11-23-18)30-15-6-4-14(29-3)5-7-15/h4-11,25H,12H2,1-3H3,(H,24,26)(H,27,28). The van der Waals surface area contributed by atoms with E-state index in [1.54, 1.807) is 49.6 Å². The van der Waals surface area contributed by atoms with Crippen molar-refractivity contribution in [2.24, 2.45) is 5.41 Å². The van der Waals surface area contributed by atoms with E-state index in [2.05, 4.69) is 10.3 Å². The van der Waals surface area contributed by atoms with E-state index in [-0.39, 0.29) is 18.0 Å². The molecule has 1 heterocycles. The third kappa shape index (κ3) is 4.43. The number of carboxylic acids is 1. The molecule has 0 spiro atoms. The maximum Gasteiger partial charge on any atom is 0.310 e. The van der Waals surface area contributed by atoms with Gasteiger partial charge in [0, 0.05) is 23.5 Å². The summed E-state index contributed by atoms with van der Waals surface area (Å²) in [5, 5.41) is 23.2. The van der Waals surface area contributed by atoms with Crippen LogP contribution >= 0.6 is 0 Å². The maximum atomic E-state index is 12.4. The highest BCUT2D eigenvalue weighted by atomic mass is 16.5. The quantitative estimate of drug-likeness (QED) is 0.545. The molecule has 0 bridgehead atoms. The van der Waals surface area contributed by atoms with Crippen molar-refractivity contribution < 1.29 is 29.3 Å². The Morgan fingerprint density at radius 1 is 1.07 bits per heavy atom. The monoisotopic (exact) mass is 410 g/mol. The van der Waals surface area contributed by atoms with Gasteiger partial charge in [-0.1, -0.05) is 0 Å². The van der Waals surface area contributed by atoms with Gasteiger partial charge in [0.1, 0.15) is 17.2 Å². The smallest absolute Gasteiger partial charge is 0.310 e. The van der Waals surface area contributed by atoms with Crippen molar-refractivity contribution in [2.75, 3.05) is 13.7 Å². The van der Waals surface area contributed by atoms with Crippen LogP contribution in [0.25, 0.3) is 10.8 Å². The lowest BCUT2D eigenvalue weighted by Crippen LogP contribution is -2.39. The van der Waals surface area contributed by atoms with Crippen molar-refractivity contribution in [3.05, 3.63) is 54.4 Å². The summed E-state index contributed by atoms with van der Waals surface area (Å²) in [6, 6.07) is 12.1. The average molecular weight is 410 g/mol. The molecule has 0 aliphatic heterocycles. The Balaban J connectivity index is 1.80. The number of aliphatic carboxylic acids is 1. The molecule has 0 saturated carbocycles. The number of carbonyl (C=O) groups is 2. The van der Waals surface area contributed by atoms with Crippen LogP contribution in [0.2, 0.25) is 0 Å². The van der Waals surface area contributed by atoms with E-state index in [1.807, 2.05) is 0 Å². The summed E-state index contributed by atoms with van der Waals surface area (Å²) in [5.74, 6) is -0.106. The second kappa shape index (κ2) is 8.28. The van der Waals surface area contributed by atoms with E-state index in [1.165, 1.54) is 20.0 Å². The number of amides is 1. The number of nitrogens with zero attached hydrogens (tertiary/aromatic N) is 1. The Hall–Kier alpha value is -3.81. The minimum atomic E-state index is -1.14. The number of carboxylic acid groups (broad SMARTS) is 1. The van der Waals surface area contributed by atoms with Crippen LogP contribution in [0, 0.1) is 5.41 Å². The number of hydrogen-bond donors (Lipinski definition) is 3. The van der Waals surface area contributed by atoms with E-state index < -0.39 is 17.3 Å². The van der Waals surface area contributed by atoms with E-state index in [0.717, 1.165) is 0 Å². The van der Waals surface area contributed by atoms with Crippen LogP contribution < -0.4 is 14.8 Å². The predicted molar refractivity (Wildman–Crippen MR) is 110 cm³/mol. The van der Waals surface area contributed by atoms with Crippen LogP contribution in [-0.2, 0) is 4.79 Å². The molecule has 0 aliphatic carbocycles. The second-order valence-corrected chi connectivity index (χ2v) is 7.35. The van der Waals surface area contributed by atoms with Gasteiger partial charge in [-0.2, -0.15) is 0 Å². The van der Waals surface area contributed by atoms with Crippen molar-refractivity contribution in [1.82, 2.24) is 10.3 Å². The van der Waals surface area contributed by atoms with Crippen molar-refractivity contribution >= 4 is 22.6 Å². The van der Waals surface area contributed by atoms with Crippen molar-refractivity contribution in [3.8, 4) is 23.0 Å². The van der Waals surface area contributed by atoms with Crippen molar-refractivity contribution in [1.29, 1.82) is 0 Å². The number of rotatable bonds is 7. The Bertz CT molecular complexity index is 1090. The van der Waals surface area contributed by atoms with Crippen molar-refractivity contribution in [3.63, 3.8) is 0 Å². The molecule has 2 aromatic carbocycles. The van der Waals surface area contributed by atoms with Gasteiger partial charge in [0.05, 0.1) is 12.5 Å². The number of benzene rings is 2. The highest BCUT2D eigenvalue weighted by molar-refractivity contribution is 6.01. The minimum absolute atomic E-state index is 0.102. The first kappa shape index (κ1) is 20.9. The first-order chi connectivity index (χ1) is 14.2. The highest BCUT2D eigenvalue weighted by Gasteiger charge is 2.28. The zero-order valence-corrected chi connectivity index (χ0v) is 16.8. The van der Waals surface area contributed by atoms with Crippen LogP contribution in [-0.4, -0.2) is 40.7 Å². The number of aromatic hydroxyl groups is 1. The Kier molecular flexibility index (Phi) is 5.77. The van der Waals surface area contributed by atoms with Gasteiger partial charge in [-0.3, -0.25) is 9.59 Å². The van der Waals surface area contributed by atoms with Gasteiger partial charge in [0.15, 0.2) is 11.4 Å². The molecule has 0 aliphatic rings. The largest absolute Gasteiger partial charge is 0.505 e. The molecule has 0 atom stereocenters. The molecule has 0 radical (unpaired) electrons. The van der Waals surface area contributed by atoms with Crippen LogP contribution in [0.5, 0.6) is 23.0 Å². The van der Waals surface area contributed by atoms with Crippen LogP contribution in [0.1, 0.15) is 24.3 Å². The first-order valence-electron chi connectivity index (χ1n) is 9.16. The summed E-state index contributed by atoms with van der Waals surface area (Å²) in [7, 11) is 1.58. The molecule has 8 nitrogen and oxygen atoms in total. The normalized spacial score (nSPS) is 11.2. The molecule has 1 amide bonds. The zero-order valence-electron chi connectivity index (χ0n) is 16.8. The molecule has 0 unspecified atom stereocenters. The summed E-state index contributed by atoms with van der Waals surface area (Å²) in [4.78, 5) is 27.6. The predicted octanol–water partition coefficient (Wildman–Crippen LogP) is 3.58. The highest BCUT2D eigenvalue weighted by Crippen LogP contribution is 2.32. The minimum Gasteiger partial charge on any atom is -0.505 e. The molecule has 30 heavy (non-hydrogen) atoms. The van der Waals surface area contributed by atoms with Crippen LogP contribution in [0.3, 0.4) is 0 Å². The molecular formula is C22H22N2O6. The number of hydrogen-bond acceptors (Lipinski definition) is 6. The summed E-state index contributed by atoms with van der Waals surface area (Å²) in [6.07, 6.45) is 1.45. The first-order valence-corrected chi connectivity index (χ1v) is 9.16. The van der Waals surface area contributed by atoms with E-state index in [0.29, 0.717) is 28.0 Å². The molecule has 0 saturated heterocycles. The van der Waals surface area contributed by atoms with Gasteiger partial charge in [-0.25, -0.2) is 4.98 Å². The van der Waals surface area contributed by atoms with Crippen molar-refractivity contribution in [2.45, 2.75) is 13.8 Å². The summed E-state index contributed by atoms with van der Waals surface area (Å²) < 4.78 is 10.9. The Morgan fingerprint density at radius 3 is 2.33 bits per heavy atom. The van der Waals surface area contributed by atoms with Crippen LogP contribution in [0.4, 0.5) is 0 Å². The lowest BCUT2D eigenvalue weighted by molar-refractivity contribution is -0.146. The SMILES string of the molecule is COc1ccc(Oc2ccc3c(O)c(C(=O)NCC(C)(C)C(=O)O)ncc3c2)cc1. The van der Waals surface area contributed by atoms with Gasteiger partial charge in [-0.15, -0.1) is 0 Å².